The van der Waals surface area contributed by atoms with Gasteiger partial charge >= 0.3 is 0 Å². The van der Waals surface area contributed by atoms with Crippen molar-refractivity contribution >= 4 is 27.1 Å². The van der Waals surface area contributed by atoms with Crippen LogP contribution in [0.2, 0.25) is 0 Å². The van der Waals surface area contributed by atoms with Crippen LogP contribution in [0.15, 0.2) is 29.6 Å². The predicted molar refractivity (Wildman–Crippen MR) is 79.1 cm³/mol. The van der Waals surface area contributed by atoms with Gasteiger partial charge in [-0.05, 0) is 47.9 Å². The molecule has 0 aliphatic heterocycles. The minimum Gasteiger partial charge on any atom is -0.382 e. The van der Waals surface area contributed by atoms with E-state index in [4.69, 9.17) is 0 Å². The highest BCUT2D eigenvalue weighted by Gasteiger charge is 2.05. The van der Waals surface area contributed by atoms with Gasteiger partial charge in [0.1, 0.15) is 0 Å². The van der Waals surface area contributed by atoms with E-state index in [0.717, 1.165) is 0 Å². The van der Waals surface area contributed by atoms with E-state index in [2.05, 4.69) is 48.8 Å². The first kappa shape index (κ1) is 12.4. The Labute approximate surface area is 108 Å². The van der Waals surface area contributed by atoms with E-state index in [-0.39, 0.29) is 0 Å². The Balaban J connectivity index is 2.05. The number of nitrogens with one attached hydrogen (secondary N) is 1. The molecule has 0 aliphatic carbocycles. The van der Waals surface area contributed by atoms with Gasteiger partial charge in [-0.25, -0.2) is 0 Å². The van der Waals surface area contributed by atoms with Crippen LogP contribution in [0.25, 0.3) is 10.1 Å². The molecule has 1 unspecified atom stereocenters. The maximum absolute atomic E-state index is 3.65. The topological polar surface area (TPSA) is 12.0 Å². The third-order valence-corrected chi connectivity index (χ3v) is 4.12. The molecule has 2 aromatic rings. The molecule has 0 aliphatic rings. The molecule has 0 bridgehead atoms. The second kappa shape index (κ2) is 6.06. The number of thiophene rings is 1. The Morgan fingerprint density at radius 1 is 1.24 bits per heavy atom. The third-order valence-electron chi connectivity index (χ3n) is 3.22. The van der Waals surface area contributed by atoms with Gasteiger partial charge in [0.25, 0.3) is 0 Å². The quantitative estimate of drug-likeness (QED) is 0.732. The molecular formula is C15H21NS. The van der Waals surface area contributed by atoms with Crippen molar-refractivity contribution < 1.29 is 0 Å². The molecule has 1 aromatic carbocycles. The van der Waals surface area contributed by atoms with Crippen molar-refractivity contribution in [3.63, 3.8) is 0 Å². The van der Waals surface area contributed by atoms with Crippen molar-refractivity contribution in [1.82, 2.24) is 0 Å². The zero-order valence-electron chi connectivity index (χ0n) is 10.7. The number of anilines is 1. The number of fused-ring (bicyclic) bond motifs is 1. The highest BCUT2D eigenvalue weighted by Crippen LogP contribution is 2.25. The van der Waals surface area contributed by atoms with E-state index in [1.807, 2.05) is 0 Å². The molecule has 0 saturated carbocycles. The van der Waals surface area contributed by atoms with E-state index >= 15 is 0 Å². The zero-order valence-corrected chi connectivity index (χ0v) is 11.5. The highest BCUT2D eigenvalue weighted by atomic mass is 32.1. The van der Waals surface area contributed by atoms with Gasteiger partial charge in [0, 0.05) is 16.4 Å². The van der Waals surface area contributed by atoms with Crippen molar-refractivity contribution in [2.45, 2.75) is 45.6 Å². The maximum Gasteiger partial charge on any atom is 0.0349 e. The number of rotatable bonds is 6. The minimum absolute atomic E-state index is 0.617. The Hall–Kier alpha value is -1.02. The predicted octanol–water partition coefficient (Wildman–Crippen LogP) is 5.28. The first-order valence-corrected chi connectivity index (χ1v) is 7.45. The molecule has 2 rings (SSSR count). The summed E-state index contributed by atoms with van der Waals surface area (Å²) in [5, 5.41) is 7.16. The average molecular weight is 247 g/mol. The number of benzene rings is 1. The standard InChI is InChI=1S/C15H21NS/c1-3-5-6-13(4-2)16-14-7-8-15-12(11-14)9-10-17-15/h7-11,13,16H,3-6H2,1-2H3. The smallest absolute Gasteiger partial charge is 0.0349 e. The lowest BCUT2D eigenvalue weighted by molar-refractivity contribution is 0.593. The summed E-state index contributed by atoms with van der Waals surface area (Å²) >= 11 is 1.81. The van der Waals surface area contributed by atoms with Gasteiger partial charge in [0.2, 0.25) is 0 Å². The summed E-state index contributed by atoms with van der Waals surface area (Å²) in [6, 6.07) is 9.49. The molecule has 0 radical (unpaired) electrons. The fourth-order valence-electron chi connectivity index (χ4n) is 2.12. The highest BCUT2D eigenvalue weighted by molar-refractivity contribution is 7.17. The first-order chi connectivity index (χ1) is 8.33. The normalized spacial score (nSPS) is 12.8. The van der Waals surface area contributed by atoms with Crippen LogP contribution in [0.3, 0.4) is 0 Å². The van der Waals surface area contributed by atoms with Crippen LogP contribution in [0.1, 0.15) is 39.5 Å². The van der Waals surface area contributed by atoms with Crippen LogP contribution < -0.4 is 5.32 Å². The average Bonchev–Trinajstić information content (AvgIpc) is 2.81. The maximum atomic E-state index is 3.65. The summed E-state index contributed by atoms with van der Waals surface area (Å²) in [6.45, 7) is 4.51. The minimum atomic E-state index is 0.617. The second-order valence-corrected chi connectivity index (χ2v) is 5.51. The summed E-state index contributed by atoms with van der Waals surface area (Å²) in [6.07, 6.45) is 5.06. The van der Waals surface area contributed by atoms with Crippen molar-refractivity contribution in [3.8, 4) is 0 Å². The van der Waals surface area contributed by atoms with Gasteiger partial charge in [-0.1, -0.05) is 26.7 Å². The Kier molecular flexibility index (Phi) is 4.43. The molecular weight excluding hydrogens is 226 g/mol. The largest absolute Gasteiger partial charge is 0.382 e. The molecule has 1 N–H and O–H groups in total. The van der Waals surface area contributed by atoms with E-state index < -0.39 is 0 Å². The molecule has 17 heavy (non-hydrogen) atoms. The molecule has 1 atom stereocenters. The molecule has 0 fully saturated rings. The molecule has 0 amide bonds. The zero-order chi connectivity index (χ0) is 12.1. The Bertz CT molecular complexity index is 461. The summed E-state index contributed by atoms with van der Waals surface area (Å²) < 4.78 is 1.37. The molecule has 1 nitrogen and oxygen atoms in total. The second-order valence-electron chi connectivity index (χ2n) is 4.56. The van der Waals surface area contributed by atoms with Crippen molar-refractivity contribution in [1.29, 1.82) is 0 Å². The van der Waals surface area contributed by atoms with Crippen molar-refractivity contribution in [2.24, 2.45) is 0 Å². The summed E-state index contributed by atoms with van der Waals surface area (Å²) in [7, 11) is 0. The van der Waals surface area contributed by atoms with Crippen LogP contribution >= 0.6 is 11.3 Å². The summed E-state index contributed by atoms with van der Waals surface area (Å²) in [5.74, 6) is 0. The van der Waals surface area contributed by atoms with E-state index in [0.29, 0.717) is 6.04 Å². The summed E-state index contributed by atoms with van der Waals surface area (Å²) in [5.41, 5.74) is 1.26. The lowest BCUT2D eigenvalue weighted by Gasteiger charge is -2.18. The lowest BCUT2D eigenvalue weighted by Crippen LogP contribution is -2.18. The fraction of sp³-hybridized carbons (Fsp3) is 0.467. The monoisotopic (exact) mass is 247 g/mol. The van der Waals surface area contributed by atoms with Crippen LogP contribution in [0.4, 0.5) is 5.69 Å². The lowest BCUT2D eigenvalue weighted by atomic mass is 10.1. The van der Waals surface area contributed by atoms with Gasteiger partial charge in [-0.2, -0.15) is 0 Å². The SMILES string of the molecule is CCCCC(CC)Nc1ccc2sccc2c1. The van der Waals surface area contributed by atoms with Gasteiger partial charge < -0.3 is 5.32 Å². The molecule has 2 heteroatoms. The van der Waals surface area contributed by atoms with Crippen LogP contribution in [0, 0.1) is 0 Å². The van der Waals surface area contributed by atoms with Crippen LogP contribution in [-0.4, -0.2) is 6.04 Å². The van der Waals surface area contributed by atoms with E-state index in [9.17, 15) is 0 Å². The van der Waals surface area contributed by atoms with E-state index in [1.165, 1.54) is 41.5 Å². The molecule has 0 spiro atoms. The fourth-order valence-corrected chi connectivity index (χ4v) is 2.89. The van der Waals surface area contributed by atoms with Crippen LogP contribution in [-0.2, 0) is 0 Å². The van der Waals surface area contributed by atoms with Crippen molar-refractivity contribution in [3.05, 3.63) is 29.6 Å². The van der Waals surface area contributed by atoms with Gasteiger partial charge in [0.15, 0.2) is 0 Å². The third kappa shape index (κ3) is 3.22. The Morgan fingerprint density at radius 2 is 2.12 bits per heavy atom. The van der Waals surface area contributed by atoms with Gasteiger partial charge in [-0.15, -0.1) is 11.3 Å². The number of hydrogen-bond acceptors (Lipinski definition) is 2. The molecule has 0 saturated heterocycles. The van der Waals surface area contributed by atoms with Crippen molar-refractivity contribution in [2.75, 3.05) is 5.32 Å². The first-order valence-electron chi connectivity index (χ1n) is 6.57. The number of hydrogen-bond donors (Lipinski definition) is 1. The molecule has 1 aromatic heterocycles. The molecule has 1 heterocycles. The van der Waals surface area contributed by atoms with E-state index in [1.54, 1.807) is 11.3 Å². The van der Waals surface area contributed by atoms with Gasteiger partial charge in [0.05, 0.1) is 0 Å². The summed E-state index contributed by atoms with van der Waals surface area (Å²) in [4.78, 5) is 0. The van der Waals surface area contributed by atoms with Crippen LogP contribution in [0.5, 0.6) is 0 Å². The Morgan fingerprint density at radius 3 is 2.88 bits per heavy atom. The van der Waals surface area contributed by atoms with Gasteiger partial charge in [-0.3, -0.25) is 0 Å². The molecule has 92 valence electrons. The number of unbranched alkanes of at least 4 members (excludes halogenated alkanes) is 1.